The SMILES string of the molecule is Cc1cc(F)c(Br)cc1NC(=O)C1Cc2ccccc2O1. The molecule has 1 aliphatic rings. The van der Waals surface area contributed by atoms with Crippen molar-refractivity contribution in [1.29, 1.82) is 0 Å². The van der Waals surface area contributed by atoms with Crippen molar-refractivity contribution in [1.82, 2.24) is 0 Å². The van der Waals surface area contributed by atoms with Crippen LogP contribution in [-0.4, -0.2) is 12.0 Å². The highest BCUT2D eigenvalue weighted by Gasteiger charge is 2.29. The van der Waals surface area contributed by atoms with E-state index in [0.717, 1.165) is 11.3 Å². The van der Waals surface area contributed by atoms with Crippen LogP contribution in [0.1, 0.15) is 11.1 Å². The van der Waals surface area contributed by atoms with Gasteiger partial charge in [0.15, 0.2) is 6.10 Å². The van der Waals surface area contributed by atoms with Crippen LogP contribution in [0.2, 0.25) is 0 Å². The lowest BCUT2D eigenvalue weighted by atomic mass is 10.1. The molecule has 0 aromatic heterocycles. The van der Waals surface area contributed by atoms with Crippen LogP contribution >= 0.6 is 15.9 Å². The van der Waals surface area contributed by atoms with E-state index in [9.17, 15) is 9.18 Å². The van der Waals surface area contributed by atoms with Crippen LogP contribution in [0.3, 0.4) is 0 Å². The zero-order valence-electron chi connectivity index (χ0n) is 11.3. The van der Waals surface area contributed by atoms with Gasteiger partial charge in [0.05, 0.1) is 4.47 Å². The van der Waals surface area contributed by atoms with Crippen molar-refractivity contribution in [2.45, 2.75) is 19.4 Å². The number of aryl methyl sites for hydroxylation is 1. The first-order valence-electron chi connectivity index (χ1n) is 6.55. The van der Waals surface area contributed by atoms with Gasteiger partial charge in [-0.3, -0.25) is 4.79 Å². The molecule has 5 heteroatoms. The van der Waals surface area contributed by atoms with Gasteiger partial charge in [0.2, 0.25) is 0 Å². The summed E-state index contributed by atoms with van der Waals surface area (Å²) in [5.74, 6) is 0.164. The van der Waals surface area contributed by atoms with Gasteiger partial charge in [-0.25, -0.2) is 4.39 Å². The largest absolute Gasteiger partial charge is 0.480 e. The fourth-order valence-electron chi connectivity index (χ4n) is 2.32. The second kappa shape index (κ2) is 5.48. The Hall–Kier alpha value is -1.88. The molecule has 21 heavy (non-hydrogen) atoms. The Bertz CT molecular complexity index is 692. The minimum Gasteiger partial charge on any atom is -0.480 e. The number of carbonyl (C=O) groups excluding carboxylic acids is 1. The van der Waals surface area contributed by atoms with Crippen LogP contribution < -0.4 is 10.1 Å². The lowest BCUT2D eigenvalue weighted by Crippen LogP contribution is -2.31. The molecule has 0 aliphatic carbocycles. The molecule has 3 nitrogen and oxygen atoms in total. The smallest absolute Gasteiger partial charge is 0.265 e. The van der Waals surface area contributed by atoms with Crippen LogP contribution in [0.5, 0.6) is 5.75 Å². The normalized spacial score (nSPS) is 16.2. The molecule has 1 unspecified atom stereocenters. The van der Waals surface area contributed by atoms with Crippen LogP contribution in [-0.2, 0) is 11.2 Å². The number of anilines is 1. The minimum atomic E-state index is -0.550. The number of carbonyl (C=O) groups is 1. The Morgan fingerprint density at radius 1 is 1.38 bits per heavy atom. The summed E-state index contributed by atoms with van der Waals surface area (Å²) in [4.78, 5) is 12.3. The van der Waals surface area contributed by atoms with Gasteiger partial charge in [-0.15, -0.1) is 0 Å². The summed E-state index contributed by atoms with van der Waals surface area (Å²) in [5, 5.41) is 2.79. The number of para-hydroxylation sites is 1. The third-order valence-electron chi connectivity index (χ3n) is 3.46. The van der Waals surface area contributed by atoms with Gasteiger partial charge in [0, 0.05) is 12.1 Å². The molecule has 0 bridgehead atoms. The molecule has 1 atom stereocenters. The van der Waals surface area contributed by atoms with E-state index >= 15 is 0 Å². The lowest BCUT2D eigenvalue weighted by Gasteiger charge is -2.13. The molecule has 1 heterocycles. The van der Waals surface area contributed by atoms with E-state index in [0.29, 0.717) is 22.1 Å². The number of rotatable bonds is 2. The summed E-state index contributed by atoms with van der Waals surface area (Å²) in [6, 6.07) is 10.5. The second-order valence-electron chi connectivity index (χ2n) is 4.99. The van der Waals surface area contributed by atoms with Gasteiger partial charge in [-0.1, -0.05) is 18.2 Å². The quantitative estimate of drug-likeness (QED) is 0.894. The van der Waals surface area contributed by atoms with Gasteiger partial charge in [0.25, 0.3) is 5.91 Å². The highest BCUT2D eigenvalue weighted by Crippen LogP contribution is 2.29. The van der Waals surface area contributed by atoms with Gasteiger partial charge in [-0.2, -0.15) is 0 Å². The van der Waals surface area contributed by atoms with Crippen molar-refractivity contribution in [3.8, 4) is 5.75 Å². The summed E-state index contributed by atoms with van der Waals surface area (Å²) in [6.45, 7) is 1.75. The van der Waals surface area contributed by atoms with E-state index in [1.54, 1.807) is 13.0 Å². The van der Waals surface area contributed by atoms with Crippen LogP contribution in [0.15, 0.2) is 40.9 Å². The van der Waals surface area contributed by atoms with Crippen molar-refractivity contribution >= 4 is 27.5 Å². The predicted molar refractivity (Wildman–Crippen MR) is 82.0 cm³/mol. The Balaban J connectivity index is 1.75. The van der Waals surface area contributed by atoms with Crippen LogP contribution in [0, 0.1) is 12.7 Å². The van der Waals surface area contributed by atoms with Crippen molar-refractivity contribution in [3.05, 3.63) is 57.8 Å². The molecule has 0 radical (unpaired) electrons. The number of fused-ring (bicyclic) bond motifs is 1. The fourth-order valence-corrected chi connectivity index (χ4v) is 2.67. The zero-order chi connectivity index (χ0) is 15.0. The van der Waals surface area contributed by atoms with Gasteiger partial charge >= 0.3 is 0 Å². The molecule has 0 saturated carbocycles. The molecule has 1 N–H and O–H groups in total. The minimum absolute atomic E-state index is 0.229. The summed E-state index contributed by atoms with van der Waals surface area (Å²) >= 11 is 3.12. The number of amides is 1. The number of hydrogen-bond acceptors (Lipinski definition) is 2. The Morgan fingerprint density at radius 3 is 2.90 bits per heavy atom. The van der Waals surface area contributed by atoms with E-state index < -0.39 is 6.10 Å². The van der Waals surface area contributed by atoms with Crippen LogP contribution in [0.25, 0.3) is 0 Å². The van der Waals surface area contributed by atoms with Crippen LogP contribution in [0.4, 0.5) is 10.1 Å². The third-order valence-corrected chi connectivity index (χ3v) is 4.07. The summed E-state index contributed by atoms with van der Waals surface area (Å²) in [6.07, 6.45) is -0.00529. The molecular formula is C16H13BrFNO2. The summed E-state index contributed by atoms with van der Waals surface area (Å²) < 4.78 is 19.3. The predicted octanol–water partition coefficient (Wildman–Crippen LogP) is 3.84. The van der Waals surface area contributed by atoms with E-state index in [1.807, 2.05) is 24.3 Å². The first kappa shape index (κ1) is 14.1. The molecule has 0 fully saturated rings. The van der Waals surface area contributed by atoms with Gasteiger partial charge in [0.1, 0.15) is 11.6 Å². The number of hydrogen-bond donors (Lipinski definition) is 1. The van der Waals surface area contributed by atoms with E-state index in [4.69, 9.17) is 4.74 Å². The molecule has 1 aliphatic heterocycles. The maximum absolute atomic E-state index is 13.4. The molecule has 0 spiro atoms. The number of halogens is 2. The summed E-state index contributed by atoms with van der Waals surface area (Å²) in [7, 11) is 0. The monoisotopic (exact) mass is 349 g/mol. The molecule has 0 saturated heterocycles. The van der Waals surface area contributed by atoms with Gasteiger partial charge in [-0.05, 0) is 52.2 Å². The first-order valence-corrected chi connectivity index (χ1v) is 7.35. The average Bonchev–Trinajstić information content (AvgIpc) is 2.88. The first-order chi connectivity index (χ1) is 10.0. The lowest BCUT2D eigenvalue weighted by molar-refractivity contribution is -0.122. The Kier molecular flexibility index (Phi) is 3.68. The van der Waals surface area contributed by atoms with Gasteiger partial charge < -0.3 is 10.1 Å². The van der Waals surface area contributed by atoms with Crippen molar-refractivity contribution in [2.24, 2.45) is 0 Å². The maximum atomic E-state index is 13.4. The molecule has 2 aromatic carbocycles. The number of ether oxygens (including phenoxy) is 1. The van der Waals surface area contributed by atoms with Crippen molar-refractivity contribution in [2.75, 3.05) is 5.32 Å². The maximum Gasteiger partial charge on any atom is 0.265 e. The highest BCUT2D eigenvalue weighted by atomic mass is 79.9. The molecular weight excluding hydrogens is 337 g/mol. The molecule has 3 rings (SSSR count). The Labute approximate surface area is 130 Å². The summed E-state index contributed by atoms with van der Waals surface area (Å²) in [5.41, 5.74) is 2.27. The molecule has 2 aromatic rings. The Morgan fingerprint density at radius 2 is 2.14 bits per heavy atom. The number of nitrogens with one attached hydrogen (secondary N) is 1. The fraction of sp³-hybridized carbons (Fsp3) is 0.188. The number of benzene rings is 2. The van der Waals surface area contributed by atoms with Crippen molar-refractivity contribution in [3.63, 3.8) is 0 Å². The van der Waals surface area contributed by atoms with E-state index in [1.165, 1.54) is 6.07 Å². The van der Waals surface area contributed by atoms with E-state index in [-0.39, 0.29) is 11.7 Å². The molecule has 108 valence electrons. The van der Waals surface area contributed by atoms with E-state index in [2.05, 4.69) is 21.2 Å². The zero-order valence-corrected chi connectivity index (χ0v) is 12.9. The standard InChI is InChI=1S/C16H13BrFNO2/c1-9-6-12(18)11(17)8-13(9)19-16(20)15-7-10-4-2-3-5-14(10)21-15/h2-6,8,15H,7H2,1H3,(H,19,20). The van der Waals surface area contributed by atoms with Crippen molar-refractivity contribution < 1.29 is 13.9 Å². The average molecular weight is 350 g/mol. The third kappa shape index (κ3) is 2.78. The second-order valence-corrected chi connectivity index (χ2v) is 5.84. The highest BCUT2D eigenvalue weighted by molar-refractivity contribution is 9.10. The topological polar surface area (TPSA) is 38.3 Å². The molecule has 1 amide bonds.